The Hall–Kier alpha value is -2.00. The molecule has 0 aliphatic heterocycles. The third-order valence-corrected chi connectivity index (χ3v) is 3.45. The first kappa shape index (κ1) is 13.4. The monoisotopic (exact) mass is 302 g/mol. The first-order valence-electron chi connectivity index (χ1n) is 4.95. The molecular formula is C9H7ClN4O4S. The van der Waals surface area contributed by atoms with Crippen molar-refractivity contribution in [2.45, 2.75) is 6.54 Å². The summed E-state index contributed by atoms with van der Waals surface area (Å²) in [6.07, 6.45) is 2.32. The van der Waals surface area contributed by atoms with Crippen molar-refractivity contribution in [3.05, 3.63) is 52.7 Å². The van der Waals surface area contributed by atoms with Gasteiger partial charge in [0, 0.05) is 18.1 Å². The summed E-state index contributed by atoms with van der Waals surface area (Å²) in [6.45, 7) is -0.0996. The van der Waals surface area contributed by atoms with Crippen LogP contribution in [-0.2, 0) is 13.6 Å². The predicted molar refractivity (Wildman–Crippen MR) is 68.8 cm³/mol. The van der Waals surface area contributed by atoms with E-state index < -0.39 is 21.9 Å². The van der Waals surface area contributed by atoms with Crippen molar-refractivity contribution in [2.24, 2.45) is 7.05 Å². The van der Waals surface area contributed by atoms with Crippen molar-refractivity contribution in [1.29, 1.82) is 0 Å². The molecule has 0 N–H and O–H groups in total. The van der Waals surface area contributed by atoms with Crippen molar-refractivity contribution in [2.75, 3.05) is 0 Å². The molecule has 2 rings (SSSR count). The zero-order valence-electron chi connectivity index (χ0n) is 9.57. The van der Waals surface area contributed by atoms with Gasteiger partial charge in [0.15, 0.2) is 4.47 Å². The van der Waals surface area contributed by atoms with Crippen molar-refractivity contribution < 1.29 is 4.92 Å². The SMILES string of the molecule is Cn1cc([N+](=O)[O-])c(=O)n(Cc2cnc(Cl)s2)c1=O. The Bertz CT molecular complexity index is 762. The minimum atomic E-state index is -0.947. The van der Waals surface area contributed by atoms with Crippen LogP contribution in [0.2, 0.25) is 4.47 Å². The Labute approximate surface area is 114 Å². The average Bonchev–Trinajstić information content (AvgIpc) is 2.74. The number of halogens is 1. The van der Waals surface area contributed by atoms with Gasteiger partial charge in [0.2, 0.25) is 0 Å². The third-order valence-electron chi connectivity index (χ3n) is 2.35. The van der Waals surface area contributed by atoms with E-state index >= 15 is 0 Å². The summed E-state index contributed by atoms with van der Waals surface area (Å²) in [7, 11) is 1.34. The van der Waals surface area contributed by atoms with E-state index in [4.69, 9.17) is 11.6 Å². The minimum Gasteiger partial charge on any atom is -0.297 e. The van der Waals surface area contributed by atoms with Crippen LogP contribution in [0.3, 0.4) is 0 Å². The van der Waals surface area contributed by atoms with Crippen LogP contribution in [0.25, 0.3) is 0 Å². The summed E-state index contributed by atoms with van der Waals surface area (Å²) < 4.78 is 2.04. The van der Waals surface area contributed by atoms with Gasteiger partial charge < -0.3 is 0 Å². The van der Waals surface area contributed by atoms with Gasteiger partial charge in [-0.15, -0.1) is 11.3 Å². The van der Waals surface area contributed by atoms with E-state index in [1.807, 2.05) is 0 Å². The van der Waals surface area contributed by atoms with Crippen LogP contribution in [0.1, 0.15) is 4.88 Å². The number of nitro groups is 1. The van der Waals surface area contributed by atoms with E-state index in [-0.39, 0.29) is 11.0 Å². The number of nitrogens with zero attached hydrogens (tertiary/aromatic N) is 4. The molecule has 0 saturated heterocycles. The Morgan fingerprint density at radius 3 is 2.74 bits per heavy atom. The van der Waals surface area contributed by atoms with Gasteiger partial charge in [-0.25, -0.2) is 14.3 Å². The van der Waals surface area contributed by atoms with Crippen molar-refractivity contribution >= 4 is 28.6 Å². The van der Waals surface area contributed by atoms with Crippen LogP contribution < -0.4 is 11.2 Å². The average molecular weight is 303 g/mol. The molecular weight excluding hydrogens is 296 g/mol. The number of hydrogen-bond donors (Lipinski definition) is 0. The molecule has 100 valence electrons. The smallest absolute Gasteiger partial charge is 0.297 e. The van der Waals surface area contributed by atoms with E-state index in [0.717, 1.165) is 26.7 Å². The summed E-state index contributed by atoms with van der Waals surface area (Å²) in [5.41, 5.74) is -2.24. The topological polar surface area (TPSA) is 100 Å². The molecule has 0 bridgehead atoms. The Balaban J connectivity index is 2.59. The fraction of sp³-hybridized carbons (Fsp3) is 0.222. The van der Waals surface area contributed by atoms with Gasteiger partial charge in [0.05, 0.1) is 17.7 Å². The van der Waals surface area contributed by atoms with E-state index in [1.54, 1.807) is 0 Å². The molecule has 0 aliphatic carbocycles. The zero-order chi connectivity index (χ0) is 14.2. The molecule has 2 aromatic heterocycles. The Kier molecular flexibility index (Phi) is 3.49. The second-order valence-electron chi connectivity index (χ2n) is 3.64. The molecule has 0 unspecified atom stereocenters. The highest BCUT2D eigenvalue weighted by molar-refractivity contribution is 7.15. The molecule has 0 spiro atoms. The van der Waals surface area contributed by atoms with Crippen molar-refractivity contribution in [1.82, 2.24) is 14.1 Å². The predicted octanol–water partition coefficient (Wildman–Crippen LogP) is 0.613. The van der Waals surface area contributed by atoms with Gasteiger partial charge in [-0.2, -0.15) is 0 Å². The van der Waals surface area contributed by atoms with Crippen LogP contribution in [0, 0.1) is 10.1 Å². The van der Waals surface area contributed by atoms with Gasteiger partial charge in [0.1, 0.15) is 0 Å². The zero-order valence-corrected chi connectivity index (χ0v) is 11.1. The standard InChI is InChI=1S/C9H7ClN4O4S/c1-12-4-6(14(17)18)7(15)13(9(12)16)3-5-2-11-8(10)19-5/h2,4H,3H2,1H3. The molecule has 0 radical (unpaired) electrons. The van der Waals surface area contributed by atoms with Crippen LogP contribution >= 0.6 is 22.9 Å². The highest BCUT2D eigenvalue weighted by Crippen LogP contribution is 2.17. The Morgan fingerprint density at radius 1 is 1.53 bits per heavy atom. The summed E-state index contributed by atoms with van der Waals surface area (Å²) in [5.74, 6) is 0. The van der Waals surface area contributed by atoms with Crippen molar-refractivity contribution in [3.63, 3.8) is 0 Å². The fourth-order valence-electron chi connectivity index (χ4n) is 1.49. The molecule has 0 saturated carbocycles. The molecule has 8 nitrogen and oxygen atoms in total. The number of aryl methyl sites for hydroxylation is 1. The fourth-order valence-corrected chi connectivity index (χ4v) is 2.45. The number of hydrogen-bond acceptors (Lipinski definition) is 6. The van der Waals surface area contributed by atoms with Gasteiger partial charge >= 0.3 is 16.9 Å². The Morgan fingerprint density at radius 2 is 2.21 bits per heavy atom. The lowest BCUT2D eigenvalue weighted by Gasteiger charge is -2.04. The second-order valence-corrected chi connectivity index (χ2v) is 5.33. The maximum Gasteiger partial charge on any atom is 0.350 e. The molecule has 0 amide bonds. The quantitative estimate of drug-likeness (QED) is 0.611. The van der Waals surface area contributed by atoms with Crippen LogP contribution in [0.4, 0.5) is 5.69 Å². The van der Waals surface area contributed by atoms with Crippen molar-refractivity contribution in [3.8, 4) is 0 Å². The number of thiazole rings is 1. The summed E-state index contributed by atoms with van der Waals surface area (Å²) in [5, 5.41) is 10.7. The first-order chi connectivity index (χ1) is 8.90. The third kappa shape index (κ3) is 2.56. The molecule has 2 aromatic rings. The summed E-state index contributed by atoms with van der Waals surface area (Å²) >= 11 is 6.74. The first-order valence-corrected chi connectivity index (χ1v) is 6.14. The van der Waals surface area contributed by atoms with E-state index in [0.29, 0.717) is 4.88 Å². The van der Waals surface area contributed by atoms with Crippen LogP contribution in [-0.4, -0.2) is 19.0 Å². The lowest BCUT2D eigenvalue weighted by molar-refractivity contribution is -0.387. The van der Waals surface area contributed by atoms with Gasteiger partial charge in [-0.1, -0.05) is 11.6 Å². The van der Waals surface area contributed by atoms with Gasteiger partial charge in [-0.3, -0.25) is 19.5 Å². The normalized spacial score (nSPS) is 10.6. The number of rotatable bonds is 3. The minimum absolute atomic E-state index is 0.0996. The number of aromatic nitrogens is 3. The second kappa shape index (κ2) is 4.94. The van der Waals surface area contributed by atoms with Gasteiger partial charge in [0.25, 0.3) is 0 Å². The van der Waals surface area contributed by atoms with Gasteiger partial charge in [-0.05, 0) is 0 Å². The largest absolute Gasteiger partial charge is 0.350 e. The molecule has 0 atom stereocenters. The molecule has 0 aliphatic rings. The summed E-state index contributed by atoms with van der Waals surface area (Å²) in [4.78, 5) is 37.9. The van der Waals surface area contributed by atoms with E-state index in [2.05, 4.69) is 4.98 Å². The maximum absolute atomic E-state index is 11.9. The maximum atomic E-state index is 11.9. The van der Waals surface area contributed by atoms with E-state index in [9.17, 15) is 19.7 Å². The highest BCUT2D eigenvalue weighted by Gasteiger charge is 2.19. The van der Waals surface area contributed by atoms with E-state index in [1.165, 1.54) is 13.2 Å². The lowest BCUT2D eigenvalue weighted by Crippen LogP contribution is -2.39. The molecule has 19 heavy (non-hydrogen) atoms. The molecule has 0 aromatic carbocycles. The molecule has 2 heterocycles. The molecule has 0 fully saturated rings. The molecule has 10 heteroatoms. The van der Waals surface area contributed by atoms with Crippen LogP contribution in [0.15, 0.2) is 22.0 Å². The summed E-state index contributed by atoms with van der Waals surface area (Å²) in [6, 6.07) is 0. The lowest BCUT2D eigenvalue weighted by atomic mass is 10.4. The van der Waals surface area contributed by atoms with Crippen LogP contribution in [0.5, 0.6) is 0 Å². The highest BCUT2D eigenvalue weighted by atomic mass is 35.5.